The van der Waals surface area contributed by atoms with Crippen LogP contribution in [0.2, 0.25) is 0 Å². The van der Waals surface area contributed by atoms with Gasteiger partial charge in [-0.1, -0.05) is 0 Å². The molecule has 1 aliphatic rings. The molecule has 166 valence electrons. The van der Waals surface area contributed by atoms with Crippen LogP contribution in [0.1, 0.15) is 6.23 Å². The molecule has 1 aliphatic heterocycles. The van der Waals surface area contributed by atoms with Crippen molar-refractivity contribution < 1.29 is 42.5 Å². The minimum absolute atomic E-state index is 0.664. The molecular weight excluding hydrogens is 460 g/mol. The molecule has 0 aromatic carbocycles. The molecular formula is C12H18N2O12S3. The topological polar surface area (TPSA) is 194 Å². The quantitative estimate of drug-likeness (QED) is 0.375. The first-order chi connectivity index (χ1) is 13.1. The van der Waals surface area contributed by atoms with Crippen molar-refractivity contribution in [1.29, 1.82) is 0 Å². The molecule has 1 N–H and O–H groups in total. The molecule has 0 aliphatic carbocycles. The van der Waals surface area contributed by atoms with Gasteiger partial charge in [-0.2, -0.15) is 25.3 Å². The number of H-pyrrole nitrogens is 1. The molecule has 0 saturated carbocycles. The molecule has 1 aromatic rings. The summed E-state index contributed by atoms with van der Waals surface area (Å²) >= 11 is 0. The van der Waals surface area contributed by atoms with E-state index in [0.717, 1.165) is 23.1 Å². The zero-order valence-electron chi connectivity index (χ0n) is 15.2. The van der Waals surface area contributed by atoms with Crippen molar-refractivity contribution in [2.45, 2.75) is 24.5 Å². The Balaban J connectivity index is 2.55. The number of ether oxygens (including phenoxy) is 1. The molecule has 4 unspecified atom stereocenters. The Bertz CT molecular complexity index is 1180. The fourth-order valence-corrected chi connectivity index (χ4v) is 4.13. The van der Waals surface area contributed by atoms with Crippen LogP contribution in [0.4, 0.5) is 0 Å². The smallest absolute Gasteiger partial charge is 0.330 e. The van der Waals surface area contributed by atoms with Gasteiger partial charge in [-0.15, -0.1) is 0 Å². The predicted octanol–water partition coefficient (Wildman–Crippen LogP) is -2.90. The van der Waals surface area contributed by atoms with Gasteiger partial charge < -0.3 is 4.74 Å². The van der Waals surface area contributed by atoms with Crippen LogP contribution < -0.4 is 11.2 Å². The molecule has 1 fully saturated rings. The Morgan fingerprint density at radius 3 is 2.00 bits per heavy atom. The summed E-state index contributed by atoms with van der Waals surface area (Å²) in [6, 6.07) is 0.926. The van der Waals surface area contributed by atoms with E-state index >= 15 is 0 Å². The second kappa shape index (κ2) is 8.25. The van der Waals surface area contributed by atoms with Crippen LogP contribution in [0, 0.1) is 0 Å². The average Bonchev–Trinajstić information content (AvgIpc) is 2.79. The molecule has 0 spiro atoms. The van der Waals surface area contributed by atoms with Crippen molar-refractivity contribution in [3.05, 3.63) is 33.1 Å². The number of hydrogen-bond donors (Lipinski definition) is 1. The lowest BCUT2D eigenvalue weighted by Crippen LogP contribution is -2.42. The second-order valence-corrected chi connectivity index (χ2v) is 10.9. The van der Waals surface area contributed by atoms with E-state index in [0.29, 0.717) is 12.5 Å². The molecule has 17 heteroatoms. The maximum absolute atomic E-state index is 12.1. The molecule has 29 heavy (non-hydrogen) atoms. The Hall–Kier alpha value is -1.63. The summed E-state index contributed by atoms with van der Waals surface area (Å²) in [4.78, 5) is 25.3. The minimum Gasteiger partial charge on any atom is -0.346 e. The van der Waals surface area contributed by atoms with E-state index in [1.165, 1.54) is 0 Å². The van der Waals surface area contributed by atoms with Gasteiger partial charge in [-0.05, 0) is 0 Å². The first-order valence-corrected chi connectivity index (χ1v) is 13.1. The number of rotatable bonds is 8. The zero-order chi connectivity index (χ0) is 22.2. The van der Waals surface area contributed by atoms with Gasteiger partial charge in [0.2, 0.25) is 0 Å². The van der Waals surface area contributed by atoms with Crippen molar-refractivity contribution in [2.24, 2.45) is 0 Å². The molecule has 0 radical (unpaired) electrons. The van der Waals surface area contributed by atoms with Gasteiger partial charge in [0.15, 0.2) is 12.3 Å². The maximum Gasteiger partial charge on any atom is 0.330 e. The van der Waals surface area contributed by atoms with E-state index < -0.39 is 72.8 Å². The molecule has 2 heterocycles. The molecule has 1 aromatic heterocycles. The standard InChI is InChI=1S/C12H18N2O12S3/c1-27(17,18)23-6-7-9(25-28(2,19)20)10(26-29(3,21)22)11(24-7)14-5-4-8(15)13-12(14)16/h4-5,7,9-11H,6H2,1-3H3,(H,13,15,16). The number of hydrogen-bond acceptors (Lipinski definition) is 12. The van der Waals surface area contributed by atoms with E-state index in [2.05, 4.69) is 4.18 Å². The summed E-state index contributed by atoms with van der Waals surface area (Å²) in [6.45, 7) is -0.767. The van der Waals surface area contributed by atoms with Crippen LogP contribution in [0.15, 0.2) is 21.9 Å². The number of aromatic amines is 1. The first kappa shape index (κ1) is 23.6. The molecule has 4 atom stereocenters. The summed E-state index contributed by atoms with van der Waals surface area (Å²) in [6.07, 6.45) is -3.51. The Morgan fingerprint density at radius 1 is 0.966 bits per heavy atom. The van der Waals surface area contributed by atoms with Crippen molar-refractivity contribution in [3.8, 4) is 0 Å². The highest BCUT2D eigenvalue weighted by atomic mass is 32.2. The summed E-state index contributed by atoms with van der Waals surface area (Å²) < 4.78 is 89.7. The van der Waals surface area contributed by atoms with E-state index in [-0.39, 0.29) is 0 Å². The first-order valence-electron chi connectivity index (χ1n) is 7.63. The van der Waals surface area contributed by atoms with Crippen LogP contribution >= 0.6 is 0 Å². The molecule has 2 rings (SSSR count). The van der Waals surface area contributed by atoms with Crippen LogP contribution in [-0.4, -0.2) is 78.5 Å². The monoisotopic (exact) mass is 478 g/mol. The van der Waals surface area contributed by atoms with Crippen LogP contribution in [-0.2, 0) is 47.6 Å². The largest absolute Gasteiger partial charge is 0.346 e. The minimum atomic E-state index is -4.23. The lowest BCUT2D eigenvalue weighted by Gasteiger charge is -2.22. The predicted molar refractivity (Wildman–Crippen MR) is 95.5 cm³/mol. The highest BCUT2D eigenvalue weighted by molar-refractivity contribution is 7.86. The van der Waals surface area contributed by atoms with Crippen molar-refractivity contribution in [1.82, 2.24) is 9.55 Å². The summed E-state index contributed by atoms with van der Waals surface area (Å²) in [5, 5.41) is 0. The van der Waals surface area contributed by atoms with E-state index in [9.17, 15) is 34.8 Å². The number of nitrogens with zero attached hydrogens (tertiary/aromatic N) is 1. The van der Waals surface area contributed by atoms with Gasteiger partial charge in [0.1, 0.15) is 12.2 Å². The fraction of sp³-hybridized carbons (Fsp3) is 0.667. The van der Waals surface area contributed by atoms with Gasteiger partial charge in [-0.3, -0.25) is 26.9 Å². The Labute approximate surface area is 165 Å². The fourth-order valence-electron chi connectivity index (χ4n) is 2.51. The lowest BCUT2D eigenvalue weighted by atomic mass is 10.1. The summed E-state index contributed by atoms with van der Waals surface area (Å²) in [5.74, 6) is 0. The maximum atomic E-state index is 12.1. The van der Waals surface area contributed by atoms with Gasteiger partial charge in [0, 0.05) is 12.3 Å². The van der Waals surface area contributed by atoms with Crippen molar-refractivity contribution in [2.75, 3.05) is 25.4 Å². The highest BCUT2D eigenvalue weighted by Crippen LogP contribution is 2.35. The summed E-state index contributed by atoms with van der Waals surface area (Å²) in [5.41, 5.74) is -1.78. The third-order valence-corrected chi connectivity index (χ3v) is 5.14. The van der Waals surface area contributed by atoms with Gasteiger partial charge in [0.25, 0.3) is 35.9 Å². The molecule has 0 amide bonds. The molecule has 1 saturated heterocycles. The lowest BCUT2D eigenvalue weighted by molar-refractivity contribution is -0.0457. The third-order valence-electron chi connectivity index (χ3n) is 3.43. The van der Waals surface area contributed by atoms with Crippen LogP contribution in [0.3, 0.4) is 0 Å². The average molecular weight is 478 g/mol. The van der Waals surface area contributed by atoms with Crippen molar-refractivity contribution in [3.63, 3.8) is 0 Å². The normalized spacial score (nSPS) is 25.9. The van der Waals surface area contributed by atoms with Gasteiger partial charge in [0.05, 0.1) is 25.4 Å². The molecule has 14 nitrogen and oxygen atoms in total. The zero-order valence-corrected chi connectivity index (χ0v) is 17.7. The van der Waals surface area contributed by atoms with E-state index in [1.807, 2.05) is 4.98 Å². The number of aromatic nitrogens is 2. The van der Waals surface area contributed by atoms with E-state index in [1.54, 1.807) is 0 Å². The van der Waals surface area contributed by atoms with E-state index in [4.69, 9.17) is 13.1 Å². The Kier molecular flexibility index (Phi) is 6.72. The van der Waals surface area contributed by atoms with Crippen LogP contribution in [0.5, 0.6) is 0 Å². The number of nitrogens with one attached hydrogen (secondary N) is 1. The van der Waals surface area contributed by atoms with Crippen LogP contribution in [0.25, 0.3) is 0 Å². The second-order valence-electron chi connectivity index (χ2n) is 6.10. The highest BCUT2D eigenvalue weighted by Gasteiger charge is 2.51. The summed E-state index contributed by atoms with van der Waals surface area (Å²) in [7, 11) is -12.4. The third kappa shape index (κ3) is 6.98. The SMILES string of the molecule is CS(=O)(=O)OCC1OC(n2ccc(=O)[nH]c2=O)C(OS(C)(=O)=O)C1OS(C)(=O)=O. The Morgan fingerprint density at radius 2 is 1.52 bits per heavy atom. The van der Waals surface area contributed by atoms with Crippen molar-refractivity contribution >= 4 is 30.4 Å². The molecule has 0 bridgehead atoms. The van der Waals surface area contributed by atoms with Gasteiger partial charge >= 0.3 is 5.69 Å². The van der Waals surface area contributed by atoms with Gasteiger partial charge in [-0.25, -0.2) is 4.79 Å².